The predicted octanol–water partition coefficient (Wildman–Crippen LogP) is 3.92. The maximum Gasteiger partial charge on any atom is 0.133 e. The Labute approximate surface area is 145 Å². The first-order valence-corrected chi connectivity index (χ1v) is 9.97. The van der Waals surface area contributed by atoms with Crippen molar-refractivity contribution in [3.05, 3.63) is 0 Å². The van der Waals surface area contributed by atoms with E-state index in [1.165, 1.54) is 0 Å². The second kappa shape index (κ2) is 5.16. The van der Waals surface area contributed by atoms with Crippen molar-refractivity contribution in [2.24, 2.45) is 34.5 Å². The minimum Gasteiger partial charge on any atom is -0.389 e. The van der Waals surface area contributed by atoms with Crippen LogP contribution in [0.2, 0.25) is 0 Å². The van der Waals surface area contributed by atoms with E-state index in [1.54, 1.807) is 6.92 Å². The van der Waals surface area contributed by atoms with E-state index in [4.69, 9.17) is 0 Å². The minimum atomic E-state index is -0.632. The van der Waals surface area contributed by atoms with E-state index in [0.717, 1.165) is 44.9 Å². The van der Waals surface area contributed by atoms with E-state index >= 15 is 0 Å². The lowest BCUT2D eigenvalue weighted by Gasteiger charge is -2.64. The molecule has 4 fully saturated rings. The highest BCUT2D eigenvalue weighted by Gasteiger charge is 2.67. The van der Waals surface area contributed by atoms with Gasteiger partial charge in [0.05, 0.1) is 5.60 Å². The highest BCUT2D eigenvalue weighted by Crippen LogP contribution is 2.68. The van der Waals surface area contributed by atoms with Crippen molar-refractivity contribution < 1.29 is 14.7 Å². The molecule has 1 N–H and O–H groups in total. The molecule has 3 nitrogen and oxygen atoms in total. The molecule has 134 valence electrons. The molecule has 4 saturated carbocycles. The maximum atomic E-state index is 12.2. The molecular weight excluding hydrogens is 300 g/mol. The molecule has 24 heavy (non-hydrogen) atoms. The number of ketones is 2. The lowest BCUT2D eigenvalue weighted by molar-refractivity contribution is -0.232. The van der Waals surface area contributed by atoms with Gasteiger partial charge in [-0.1, -0.05) is 13.8 Å². The monoisotopic (exact) mass is 332 g/mol. The van der Waals surface area contributed by atoms with E-state index in [1.807, 2.05) is 0 Å². The number of carbonyl (C=O) groups excluding carboxylic acids is 2. The molecule has 0 aromatic rings. The van der Waals surface area contributed by atoms with Gasteiger partial charge >= 0.3 is 0 Å². The molecule has 0 amide bonds. The summed E-state index contributed by atoms with van der Waals surface area (Å²) in [5.41, 5.74) is -0.664. The van der Waals surface area contributed by atoms with E-state index in [0.29, 0.717) is 42.2 Å². The number of Topliss-reactive ketones (excluding diaryl/α,β-unsaturated/α-hetero) is 2. The van der Waals surface area contributed by atoms with Crippen LogP contribution in [0.4, 0.5) is 0 Å². The van der Waals surface area contributed by atoms with Gasteiger partial charge in [0.2, 0.25) is 0 Å². The zero-order valence-corrected chi connectivity index (χ0v) is 15.4. The van der Waals surface area contributed by atoms with Crippen molar-refractivity contribution >= 4 is 11.6 Å². The molecule has 7 atom stereocenters. The number of hydrogen-bond donors (Lipinski definition) is 1. The maximum absolute atomic E-state index is 12.2. The molecular formula is C21H32O3. The first kappa shape index (κ1) is 16.8. The summed E-state index contributed by atoms with van der Waals surface area (Å²) >= 11 is 0. The van der Waals surface area contributed by atoms with Crippen LogP contribution in [0, 0.1) is 34.5 Å². The Hall–Kier alpha value is -0.700. The Kier molecular flexibility index (Phi) is 3.60. The second-order valence-electron chi connectivity index (χ2n) is 9.82. The SMILES string of the molecule is CC(=O)[C@H]1CC[C@H]2[C@@H]3CCC4CC(=O)CC[C@]4(C)[C@@]3(O)CC[C@]12C. The predicted molar refractivity (Wildman–Crippen MR) is 92.4 cm³/mol. The molecule has 0 heterocycles. The molecule has 0 aromatic heterocycles. The van der Waals surface area contributed by atoms with E-state index in [9.17, 15) is 14.7 Å². The molecule has 0 aliphatic heterocycles. The van der Waals surface area contributed by atoms with Crippen LogP contribution in [0.25, 0.3) is 0 Å². The van der Waals surface area contributed by atoms with Gasteiger partial charge in [-0.15, -0.1) is 0 Å². The normalized spacial score (nSPS) is 53.9. The molecule has 1 unspecified atom stereocenters. The number of rotatable bonds is 1. The van der Waals surface area contributed by atoms with Crippen molar-refractivity contribution in [3.8, 4) is 0 Å². The number of aliphatic hydroxyl groups is 1. The summed E-state index contributed by atoms with van der Waals surface area (Å²) in [5, 5.41) is 11.9. The van der Waals surface area contributed by atoms with E-state index in [2.05, 4.69) is 13.8 Å². The molecule has 0 aromatic carbocycles. The number of hydrogen-bond acceptors (Lipinski definition) is 3. The Balaban J connectivity index is 1.69. The summed E-state index contributed by atoms with van der Waals surface area (Å²) < 4.78 is 0. The molecule has 0 saturated heterocycles. The first-order chi connectivity index (χ1) is 11.2. The zero-order valence-electron chi connectivity index (χ0n) is 15.4. The van der Waals surface area contributed by atoms with Gasteiger partial charge in [-0.25, -0.2) is 0 Å². The van der Waals surface area contributed by atoms with Crippen LogP contribution in [0.5, 0.6) is 0 Å². The van der Waals surface area contributed by atoms with Gasteiger partial charge in [-0.05, 0) is 75.0 Å². The molecule has 0 bridgehead atoms. The van der Waals surface area contributed by atoms with Gasteiger partial charge in [0.15, 0.2) is 0 Å². The fraction of sp³-hybridized carbons (Fsp3) is 0.905. The quantitative estimate of drug-likeness (QED) is 0.792. The Bertz CT molecular complexity index is 584. The molecule has 4 rings (SSSR count). The standard InChI is InChI=1S/C21H32O3/c1-13(22)16-6-7-17-18-5-4-14-12-15(23)8-9-20(14,3)21(18,24)11-10-19(16,17)2/h14,16-18,24H,4-12H2,1-3H3/t14?,16-,17+,18+,19-,20+,21-/m1/s1. The third-order valence-corrected chi connectivity index (χ3v) is 9.16. The lowest BCUT2D eigenvalue weighted by atomic mass is 9.42. The third-order valence-electron chi connectivity index (χ3n) is 9.16. The van der Waals surface area contributed by atoms with Gasteiger partial charge in [-0.3, -0.25) is 9.59 Å². The van der Waals surface area contributed by atoms with Crippen LogP contribution in [0.3, 0.4) is 0 Å². The summed E-state index contributed by atoms with van der Waals surface area (Å²) in [5.74, 6) is 2.06. The summed E-state index contributed by atoms with van der Waals surface area (Å²) in [6.45, 7) is 6.33. The van der Waals surface area contributed by atoms with Crippen molar-refractivity contribution in [1.29, 1.82) is 0 Å². The van der Waals surface area contributed by atoms with Crippen molar-refractivity contribution in [2.75, 3.05) is 0 Å². The molecule has 0 radical (unpaired) electrons. The highest BCUT2D eigenvalue weighted by atomic mass is 16.3. The Morgan fingerprint density at radius 3 is 2.46 bits per heavy atom. The van der Waals surface area contributed by atoms with Gasteiger partial charge < -0.3 is 5.11 Å². The zero-order chi connectivity index (χ0) is 17.3. The van der Waals surface area contributed by atoms with Crippen LogP contribution in [-0.4, -0.2) is 22.3 Å². The second-order valence-corrected chi connectivity index (χ2v) is 9.82. The Morgan fingerprint density at radius 2 is 1.75 bits per heavy atom. The lowest BCUT2D eigenvalue weighted by Crippen LogP contribution is -2.65. The van der Waals surface area contributed by atoms with Crippen molar-refractivity contribution in [1.82, 2.24) is 0 Å². The third kappa shape index (κ3) is 1.94. The van der Waals surface area contributed by atoms with Gasteiger partial charge in [0.25, 0.3) is 0 Å². The summed E-state index contributed by atoms with van der Waals surface area (Å²) in [4.78, 5) is 24.1. The van der Waals surface area contributed by atoms with Crippen molar-refractivity contribution in [2.45, 2.75) is 84.2 Å². The van der Waals surface area contributed by atoms with E-state index < -0.39 is 5.60 Å². The molecule has 0 spiro atoms. The van der Waals surface area contributed by atoms with Crippen LogP contribution in [0.15, 0.2) is 0 Å². The summed E-state index contributed by atoms with van der Waals surface area (Å²) in [6.07, 6.45) is 8.14. The molecule has 3 heteroatoms. The number of carbonyl (C=O) groups is 2. The molecule has 4 aliphatic rings. The highest BCUT2D eigenvalue weighted by molar-refractivity contribution is 5.80. The van der Waals surface area contributed by atoms with Gasteiger partial charge in [0.1, 0.15) is 11.6 Å². The van der Waals surface area contributed by atoms with Crippen LogP contribution in [0.1, 0.15) is 78.6 Å². The average Bonchev–Trinajstić information content (AvgIpc) is 2.87. The topological polar surface area (TPSA) is 54.4 Å². The fourth-order valence-electron chi connectivity index (χ4n) is 7.66. The summed E-state index contributed by atoms with van der Waals surface area (Å²) in [6, 6.07) is 0. The fourth-order valence-corrected chi connectivity index (χ4v) is 7.66. The van der Waals surface area contributed by atoms with Crippen LogP contribution in [-0.2, 0) is 9.59 Å². The average molecular weight is 332 g/mol. The van der Waals surface area contributed by atoms with Gasteiger partial charge in [0, 0.05) is 24.2 Å². The Morgan fingerprint density at radius 1 is 1.04 bits per heavy atom. The molecule has 4 aliphatic carbocycles. The largest absolute Gasteiger partial charge is 0.389 e. The van der Waals surface area contributed by atoms with E-state index in [-0.39, 0.29) is 16.7 Å². The van der Waals surface area contributed by atoms with Crippen molar-refractivity contribution in [3.63, 3.8) is 0 Å². The minimum absolute atomic E-state index is 0.0798. The van der Waals surface area contributed by atoms with Gasteiger partial charge in [-0.2, -0.15) is 0 Å². The summed E-state index contributed by atoms with van der Waals surface area (Å²) in [7, 11) is 0. The van der Waals surface area contributed by atoms with Crippen LogP contribution >= 0.6 is 0 Å². The first-order valence-electron chi connectivity index (χ1n) is 9.97. The van der Waals surface area contributed by atoms with Crippen LogP contribution < -0.4 is 0 Å². The smallest absolute Gasteiger partial charge is 0.133 e. The number of fused-ring (bicyclic) bond motifs is 5.